The van der Waals surface area contributed by atoms with Gasteiger partial charge in [-0.3, -0.25) is 4.79 Å². The molecule has 3 nitrogen and oxygen atoms in total. The van der Waals surface area contributed by atoms with E-state index in [2.05, 4.69) is 5.32 Å². The summed E-state index contributed by atoms with van der Waals surface area (Å²) in [7, 11) is 0. The summed E-state index contributed by atoms with van der Waals surface area (Å²) in [6, 6.07) is 4.77. The van der Waals surface area contributed by atoms with E-state index in [0.29, 0.717) is 12.3 Å². The molecule has 1 heterocycles. The van der Waals surface area contributed by atoms with Gasteiger partial charge in [-0.25, -0.2) is 0 Å². The molecule has 0 amide bonds. The largest absolute Gasteiger partial charge is 0.426 e. The minimum Gasteiger partial charge on any atom is -0.426 e. The highest BCUT2D eigenvalue weighted by atomic mass is 19.4. The van der Waals surface area contributed by atoms with E-state index in [1.165, 1.54) is 18.2 Å². The molecule has 0 radical (unpaired) electrons. The van der Waals surface area contributed by atoms with Crippen LogP contribution < -0.4 is 10.1 Å². The van der Waals surface area contributed by atoms with Crippen LogP contribution >= 0.6 is 0 Å². The summed E-state index contributed by atoms with van der Waals surface area (Å²) in [5.74, 6) is -0.641. The van der Waals surface area contributed by atoms with Crippen LogP contribution in [0.1, 0.15) is 31.2 Å². The molecule has 1 aromatic rings. The van der Waals surface area contributed by atoms with Crippen LogP contribution in [0.15, 0.2) is 24.3 Å². The van der Waals surface area contributed by atoms with Crippen LogP contribution in [0.4, 0.5) is 13.2 Å². The summed E-state index contributed by atoms with van der Waals surface area (Å²) >= 11 is 0. The Hall–Kier alpha value is -1.56. The smallest absolute Gasteiger partial charge is 0.419 e. The van der Waals surface area contributed by atoms with Crippen LogP contribution in [0.2, 0.25) is 0 Å². The predicted molar refractivity (Wildman–Crippen MR) is 71.9 cm³/mol. The van der Waals surface area contributed by atoms with Crippen LogP contribution in [0.25, 0.3) is 0 Å². The average molecular weight is 301 g/mol. The van der Waals surface area contributed by atoms with Crippen LogP contribution in [0, 0.1) is 5.92 Å². The predicted octanol–water partition coefficient (Wildman–Crippen LogP) is 3.39. The van der Waals surface area contributed by atoms with Crippen molar-refractivity contribution in [3.05, 3.63) is 29.8 Å². The molecule has 116 valence electrons. The van der Waals surface area contributed by atoms with Crippen molar-refractivity contribution in [1.29, 1.82) is 0 Å². The first kappa shape index (κ1) is 15.8. The van der Waals surface area contributed by atoms with Crippen molar-refractivity contribution >= 4 is 5.97 Å². The second kappa shape index (κ2) is 6.93. The number of alkyl halides is 3. The van der Waals surface area contributed by atoms with Gasteiger partial charge in [0.25, 0.3) is 0 Å². The lowest BCUT2D eigenvalue weighted by Crippen LogP contribution is -2.30. The van der Waals surface area contributed by atoms with Gasteiger partial charge in [0.1, 0.15) is 5.75 Å². The topological polar surface area (TPSA) is 38.3 Å². The summed E-state index contributed by atoms with van der Waals surface area (Å²) in [6.45, 7) is 1.84. The summed E-state index contributed by atoms with van der Waals surface area (Å²) in [5, 5.41) is 3.24. The number of esters is 1. The van der Waals surface area contributed by atoms with Crippen molar-refractivity contribution in [2.75, 3.05) is 13.1 Å². The minimum atomic E-state index is -4.52. The number of ether oxygens (including phenoxy) is 1. The first-order chi connectivity index (χ1) is 9.97. The SMILES string of the molecule is O=C(CCC1CCCNC1)Oc1ccccc1C(F)(F)F. The van der Waals surface area contributed by atoms with Crippen LogP contribution in [0.3, 0.4) is 0 Å². The molecule has 21 heavy (non-hydrogen) atoms. The lowest BCUT2D eigenvalue weighted by Gasteiger charge is -2.22. The number of nitrogens with one attached hydrogen (secondary N) is 1. The Bertz CT molecular complexity index is 482. The Kier molecular flexibility index (Phi) is 5.22. The number of piperidine rings is 1. The fraction of sp³-hybridized carbons (Fsp3) is 0.533. The van der Waals surface area contributed by atoms with E-state index in [4.69, 9.17) is 4.74 Å². The van der Waals surface area contributed by atoms with Gasteiger partial charge in [0.15, 0.2) is 0 Å². The Morgan fingerprint density at radius 3 is 2.76 bits per heavy atom. The first-order valence-electron chi connectivity index (χ1n) is 7.04. The van der Waals surface area contributed by atoms with Gasteiger partial charge in [-0.1, -0.05) is 12.1 Å². The molecule has 1 aliphatic rings. The lowest BCUT2D eigenvalue weighted by molar-refractivity contribution is -0.142. The van der Waals surface area contributed by atoms with Crippen molar-refractivity contribution in [1.82, 2.24) is 5.32 Å². The van der Waals surface area contributed by atoms with E-state index >= 15 is 0 Å². The van der Waals surface area contributed by atoms with Crippen molar-refractivity contribution in [3.8, 4) is 5.75 Å². The molecule has 0 aromatic heterocycles. The molecule has 1 atom stereocenters. The zero-order valence-electron chi connectivity index (χ0n) is 11.6. The molecule has 1 aliphatic heterocycles. The zero-order valence-corrected chi connectivity index (χ0v) is 11.6. The molecule has 1 saturated heterocycles. The van der Waals surface area contributed by atoms with E-state index in [9.17, 15) is 18.0 Å². The average Bonchev–Trinajstić information content (AvgIpc) is 2.46. The number of para-hydroxylation sites is 1. The molecule has 2 rings (SSSR count). The number of carbonyl (C=O) groups excluding carboxylic acids is 1. The quantitative estimate of drug-likeness (QED) is 0.684. The maximum atomic E-state index is 12.8. The molecule has 0 saturated carbocycles. The molecular formula is C15H18F3NO2. The molecule has 0 aliphatic carbocycles. The highest BCUT2D eigenvalue weighted by molar-refractivity contribution is 5.72. The second-order valence-electron chi connectivity index (χ2n) is 5.22. The fourth-order valence-corrected chi connectivity index (χ4v) is 2.46. The van der Waals surface area contributed by atoms with Crippen molar-refractivity contribution in [2.24, 2.45) is 5.92 Å². The van der Waals surface area contributed by atoms with Crippen molar-refractivity contribution in [2.45, 2.75) is 31.9 Å². The maximum absolute atomic E-state index is 12.8. The van der Waals surface area contributed by atoms with E-state index in [1.54, 1.807) is 0 Å². The lowest BCUT2D eigenvalue weighted by atomic mass is 9.95. The number of hydrogen-bond donors (Lipinski definition) is 1. The highest BCUT2D eigenvalue weighted by Gasteiger charge is 2.34. The van der Waals surface area contributed by atoms with Gasteiger partial charge in [-0.05, 0) is 50.4 Å². The summed E-state index contributed by atoms with van der Waals surface area (Å²) < 4.78 is 43.2. The number of rotatable bonds is 4. The van der Waals surface area contributed by atoms with E-state index < -0.39 is 23.5 Å². The Labute approximate surface area is 121 Å². The monoisotopic (exact) mass is 301 g/mol. The molecule has 1 N–H and O–H groups in total. The fourth-order valence-electron chi connectivity index (χ4n) is 2.46. The number of benzene rings is 1. The van der Waals surface area contributed by atoms with Gasteiger partial charge < -0.3 is 10.1 Å². The number of hydrogen-bond acceptors (Lipinski definition) is 3. The molecule has 0 spiro atoms. The normalized spacial score (nSPS) is 19.3. The summed E-state index contributed by atoms with van der Waals surface area (Å²) in [4.78, 5) is 11.7. The third-order valence-corrected chi connectivity index (χ3v) is 3.57. The Balaban J connectivity index is 1.90. The maximum Gasteiger partial charge on any atom is 0.419 e. The molecular weight excluding hydrogens is 283 g/mol. The summed E-state index contributed by atoms with van der Waals surface area (Å²) in [5.41, 5.74) is -0.919. The van der Waals surface area contributed by atoms with Gasteiger partial charge in [0.2, 0.25) is 0 Å². The standard InChI is InChI=1S/C15H18F3NO2/c16-15(17,18)12-5-1-2-6-13(12)21-14(20)8-7-11-4-3-9-19-10-11/h1-2,5-6,11,19H,3-4,7-10H2. The number of carbonyl (C=O) groups is 1. The van der Waals surface area contributed by atoms with Crippen molar-refractivity contribution in [3.63, 3.8) is 0 Å². The minimum absolute atomic E-state index is 0.137. The van der Waals surface area contributed by atoms with E-state index in [0.717, 1.165) is 32.0 Å². The molecule has 6 heteroatoms. The van der Waals surface area contributed by atoms with Gasteiger partial charge in [0.05, 0.1) is 5.56 Å². The van der Waals surface area contributed by atoms with E-state index in [1.807, 2.05) is 0 Å². The second-order valence-corrected chi connectivity index (χ2v) is 5.22. The van der Waals surface area contributed by atoms with Gasteiger partial charge in [-0.15, -0.1) is 0 Å². The van der Waals surface area contributed by atoms with Gasteiger partial charge in [0, 0.05) is 6.42 Å². The Morgan fingerprint density at radius 2 is 2.10 bits per heavy atom. The molecule has 1 unspecified atom stereocenters. The zero-order chi connectivity index (χ0) is 15.3. The Morgan fingerprint density at radius 1 is 1.33 bits per heavy atom. The molecule has 0 bridgehead atoms. The third-order valence-electron chi connectivity index (χ3n) is 3.57. The van der Waals surface area contributed by atoms with E-state index in [-0.39, 0.29) is 6.42 Å². The molecule has 1 fully saturated rings. The van der Waals surface area contributed by atoms with Gasteiger partial charge >= 0.3 is 12.1 Å². The highest BCUT2D eigenvalue weighted by Crippen LogP contribution is 2.36. The first-order valence-corrected chi connectivity index (χ1v) is 7.04. The van der Waals surface area contributed by atoms with Crippen LogP contribution in [-0.4, -0.2) is 19.1 Å². The van der Waals surface area contributed by atoms with Crippen LogP contribution in [0.5, 0.6) is 5.75 Å². The number of halogens is 3. The third kappa shape index (κ3) is 4.74. The molecule has 1 aromatic carbocycles. The van der Waals surface area contributed by atoms with Crippen LogP contribution in [-0.2, 0) is 11.0 Å². The van der Waals surface area contributed by atoms with Gasteiger partial charge in [-0.2, -0.15) is 13.2 Å². The summed E-state index contributed by atoms with van der Waals surface area (Å²) in [6.07, 6.45) is -1.64. The van der Waals surface area contributed by atoms with Crippen molar-refractivity contribution < 1.29 is 22.7 Å².